The van der Waals surface area contributed by atoms with Crippen LogP contribution in [-0.2, 0) is 20.9 Å². The summed E-state index contributed by atoms with van der Waals surface area (Å²) in [5, 5.41) is 6.36. The number of hydrogen-bond acceptors (Lipinski definition) is 6. The molecule has 0 bridgehead atoms. The third kappa shape index (κ3) is 6.93. The maximum atomic E-state index is 12.6. The van der Waals surface area contributed by atoms with Crippen LogP contribution in [-0.4, -0.2) is 24.0 Å². The highest BCUT2D eigenvalue weighted by molar-refractivity contribution is 7.09. The minimum Gasteiger partial charge on any atom is -0.487 e. The molecule has 3 aromatic rings. The van der Waals surface area contributed by atoms with Crippen molar-refractivity contribution in [2.24, 2.45) is 0 Å². The van der Waals surface area contributed by atoms with Crippen LogP contribution < -0.4 is 10.1 Å². The van der Waals surface area contributed by atoms with Crippen LogP contribution in [0, 0.1) is 6.92 Å². The Kier molecular flexibility index (Phi) is 8.41. The number of aryl methyl sites for hydroxylation is 1. The van der Waals surface area contributed by atoms with Gasteiger partial charge in [0, 0.05) is 22.0 Å². The molecule has 1 N–H and O–H groups in total. The third-order valence-electron chi connectivity index (χ3n) is 4.56. The molecule has 1 amide bonds. The monoisotopic (exact) mass is 470 g/mol. The number of amides is 1. The molecule has 0 saturated carbocycles. The van der Waals surface area contributed by atoms with Gasteiger partial charge in [0.25, 0.3) is 0 Å². The maximum absolute atomic E-state index is 12.6. The number of hydrogen-bond donors (Lipinski definition) is 1. The van der Waals surface area contributed by atoms with Crippen LogP contribution >= 0.6 is 22.9 Å². The summed E-state index contributed by atoms with van der Waals surface area (Å²) >= 11 is 7.52. The van der Waals surface area contributed by atoms with E-state index in [9.17, 15) is 9.59 Å². The lowest BCUT2D eigenvalue weighted by molar-refractivity contribution is -0.141. The van der Waals surface area contributed by atoms with Crippen LogP contribution in [0.5, 0.6) is 5.75 Å². The topological polar surface area (TPSA) is 77.5 Å². The molecular weight excluding hydrogens is 448 g/mol. The van der Waals surface area contributed by atoms with Gasteiger partial charge in [-0.1, -0.05) is 41.9 Å². The van der Waals surface area contributed by atoms with Crippen molar-refractivity contribution in [1.29, 1.82) is 0 Å². The second kappa shape index (κ2) is 11.5. The zero-order valence-electron chi connectivity index (χ0n) is 17.7. The van der Waals surface area contributed by atoms with E-state index in [0.717, 1.165) is 21.8 Å². The summed E-state index contributed by atoms with van der Waals surface area (Å²) in [6.45, 7) is 2.29. The highest BCUT2D eigenvalue weighted by Crippen LogP contribution is 2.22. The van der Waals surface area contributed by atoms with Crippen molar-refractivity contribution in [1.82, 2.24) is 10.3 Å². The van der Waals surface area contributed by atoms with E-state index in [1.165, 1.54) is 13.2 Å². The van der Waals surface area contributed by atoms with Gasteiger partial charge in [-0.05, 0) is 36.8 Å². The predicted molar refractivity (Wildman–Crippen MR) is 126 cm³/mol. The predicted octanol–water partition coefficient (Wildman–Crippen LogP) is 5.12. The molecule has 3 rings (SSSR count). The molecule has 1 aromatic heterocycles. The minimum atomic E-state index is -0.545. The Morgan fingerprint density at radius 1 is 1.19 bits per heavy atom. The first-order valence-corrected chi connectivity index (χ1v) is 11.1. The summed E-state index contributed by atoms with van der Waals surface area (Å²) in [7, 11) is 1.31. The van der Waals surface area contributed by atoms with Crippen molar-refractivity contribution in [3.63, 3.8) is 0 Å². The number of nitrogens with zero attached hydrogens (tertiary/aromatic N) is 1. The summed E-state index contributed by atoms with van der Waals surface area (Å²) in [5.41, 5.74) is 2.37. The Hall–Kier alpha value is -3.16. The average Bonchev–Trinajstić information content (AvgIpc) is 3.21. The standard InChI is InChI=1S/C24H23ClN2O4S/c1-16-26-20(15-32-16)14-31-22-6-4-3-5-18(22)9-12-23(28)27-21(13-24(29)30-2)17-7-10-19(25)11-8-17/h3-12,15,21H,13-14H2,1-2H3,(H,27,28)/b12-9+. The van der Waals surface area contributed by atoms with Gasteiger partial charge in [0.05, 0.1) is 30.3 Å². The van der Waals surface area contributed by atoms with Gasteiger partial charge in [-0.25, -0.2) is 4.98 Å². The lowest BCUT2D eigenvalue weighted by Crippen LogP contribution is -2.29. The Bertz CT molecular complexity index is 1100. The Morgan fingerprint density at radius 3 is 2.62 bits per heavy atom. The summed E-state index contributed by atoms with van der Waals surface area (Å²) in [4.78, 5) is 28.8. The number of thiazole rings is 1. The zero-order chi connectivity index (χ0) is 22.9. The summed E-state index contributed by atoms with van der Waals surface area (Å²) in [6.07, 6.45) is 3.09. The van der Waals surface area contributed by atoms with Gasteiger partial charge < -0.3 is 14.8 Å². The van der Waals surface area contributed by atoms with E-state index in [-0.39, 0.29) is 12.3 Å². The first-order chi connectivity index (χ1) is 15.4. The highest BCUT2D eigenvalue weighted by Gasteiger charge is 2.18. The van der Waals surface area contributed by atoms with Crippen LogP contribution in [0.1, 0.15) is 34.3 Å². The number of halogens is 1. The number of ether oxygens (including phenoxy) is 2. The summed E-state index contributed by atoms with van der Waals surface area (Å²) in [6, 6.07) is 13.8. The normalized spacial score (nSPS) is 11.8. The maximum Gasteiger partial charge on any atom is 0.307 e. The molecule has 1 unspecified atom stereocenters. The van der Waals surface area contributed by atoms with Crippen molar-refractivity contribution in [3.8, 4) is 5.75 Å². The van der Waals surface area contributed by atoms with Crippen LogP contribution in [0.4, 0.5) is 0 Å². The third-order valence-corrected chi connectivity index (χ3v) is 5.64. The van der Waals surface area contributed by atoms with Crippen LogP contribution in [0.2, 0.25) is 5.02 Å². The fourth-order valence-electron chi connectivity index (χ4n) is 2.96. The van der Waals surface area contributed by atoms with Gasteiger partial charge in [0.2, 0.25) is 5.91 Å². The van der Waals surface area contributed by atoms with E-state index < -0.39 is 12.0 Å². The van der Waals surface area contributed by atoms with Crippen molar-refractivity contribution in [3.05, 3.63) is 86.8 Å². The molecule has 1 heterocycles. The van der Waals surface area contributed by atoms with Gasteiger partial charge >= 0.3 is 5.97 Å². The molecule has 0 radical (unpaired) electrons. The lowest BCUT2D eigenvalue weighted by Gasteiger charge is -2.17. The van der Waals surface area contributed by atoms with E-state index in [1.807, 2.05) is 36.6 Å². The molecule has 0 aliphatic rings. The van der Waals surface area contributed by atoms with Crippen molar-refractivity contribution < 1.29 is 19.1 Å². The number of methoxy groups -OCH3 is 1. The summed E-state index contributed by atoms with van der Waals surface area (Å²) < 4.78 is 10.6. The van der Waals surface area contributed by atoms with Gasteiger partial charge in [0.1, 0.15) is 12.4 Å². The van der Waals surface area contributed by atoms with E-state index >= 15 is 0 Å². The van der Waals surface area contributed by atoms with Crippen molar-refractivity contribution >= 4 is 40.9 Å². The van der Waals surface area contributed by atoms with E-state index in [4.69, 9.17) is 21.1 Å². The number of para-hydroxylation sites is 1. The van der Waals surface area contributed by atoms with E-state index in [0.29, 0.717) is 17.4 Å². The number of benzene rings is 2. The number of esters is 1. The minimum absolute atomic E-state index is 0.00443. The van der Waals surface area contributed by atoms with Gasteiger partial charge in [-0.3, -0.25) is 9.59 Å². The molecule has 2 aromatic carbocycles. The fourth-order valence-corrected chi connectivity index (χ4v) is 3.68. The number of aromatic nitrogens is 1. The molecule has 1 atom stereocenters. The number of carbonyl (C=O) groups is 2. The van der Waals surface area contributed by atoms with Gasteiger partial charge in [0.15, 0.2) is 0 Å². The summed E-state index contributed by atoms with van der Waals surface area (Å²) in [5.74, 6) is -0.130. The molecule has 0 aliphatic heterocycles. The zero-order valence-corrected chi connectivity index (χ0v) is 19.3. The quantitative estimate of drug-likeness (QED) is 0.347. The first-order valence-electron chi connectivity index (χ1n) is 9.88. The largest absolute Gasteiger partial charge is 0.487 e. The Labute approximate surface area is 195 Å². The van der Waals surface area contributed by atoms with E-state index in [1.54, 1.807) is 41.7 Å². The molecule has 0 aliphatic carbocycles. The van der Waals surface area contributed by atoms with Crippen molar-refractivity contribution in [2.75, 3.05) is 7.11 Å². The molecule has 166 valence electrons. The van der Waals surface area contributed by atoms with Crippen LogP contribution in [0.25, 0.3) is 6.08 Å². The Morgan fingerprint density at radius 2 is 1.94 bits per heavy atom. The molecule has 8 heteroatoms. The van der Waals surface area contributed by atoms with Gasteiger partial charge in [-0.2, -0.15) is 0 Å². The molecule has 0 fully saturated rings. The molecule has 32 heavy (non-hydrogen) atoms. The highest BCUT2D eigenvalue weighted by atomic mass is 35.5. The number of carbonyl (C=O) groups excluding carboxylic acids is 2. The molecular formula is C24H23ClN2O4S. The number of rotatable bonds is 9. The first kappa shape index (κ1) is 23.5. The van der Waals surface area contributed by atoms with Crippen LogP contribution in [0.15, 0.2) is 60.0 Å². The lowest BCUT2D eigenvalue weighted by atomic mass is 10.0. The smallest absolute Gasteiger partial charge is 0.307 e. The Balaban J connectivity index is 1.68. The average molecular weight is 471 g/mol. The second-order valence-corrected chi connectivity index (χ2v) is 8.41. The van der Waals surface area contributed by atoms with Crippen molar-refractivity contribution in [2.45, 2.75) is 26.0 Å². The SMILES string of the molecule is COC(=O)CC(NC(=O)/C=C/c1ccccc1OCc1csc(C)n1)c1ccc(Cl)cc1. The fraction of sp³-hybridized carbons (Fsp3) is 0.208. The van der Waals surface area contributed by atoms with E-state index in [2.05, 4.69) is 10.3 Å². The number of nitrogens with one attached hydrogen (secondary N) is 1. The molecule has 6 nitrogen and oxygen atoms in total. The van der Waals surface area contributed by atoms with Crippen LogP contribution in [0.3, 0.4) is 0 Å². The second-order valence-electron chi connectivity index (χ2n) is 6.91. The van der Waals surface area contributed by atoms with Gasteiger partial charge in [-0.15, -0.1) is 11.3 Å². The molecule has 0 spiro atoms. The molecule has 0 saturated heterocycles.